The Morgan fingerprint density at radius 2 is 2.20 bits per heavy atom. The van der Waals surface area contributed by atoms with Crippen LogP contribution in [0.1, 0.15) is 24.3 Å². The lowest BCUT2D eigenvalue weighted by Gasteiger charge is -2.16. The Morgan fingerprint density at radius 3 is 2.87 bits per heavy atom. The van der Waals surface area contributed by atoms with Crippen LogP contribution in [-0.4, -0.2) is 31.6 Å². The molecule has 0 aliphatic rings. The van der Waals surface area contributed by atoms with Gasteiger partial charge in [-0.3, -0.25) is 0 Å². The van der Waals surface area contributed by atoms with Gasteiger partial charge in [-0.15, -0.1) is 11.3 Å². The predicted octanol–water partition coefficient (Wildman–Crippen LogP) is 2.35. The lowest BCUT2D eigenvalue weighted by Crippen LogP contribution is -2.28. The third-order valence-corrected chi connectivity index (χ3v) is 3.50. The summed E-state index contributed by atoms with van der Waals surface area (Å²) in [4.78, 5) is 3.91. The van der Waals surface area contributed by atoms with E-state index in [-0.39, 0.29) is 0 Å². The van der Waals surface area contributed by atoms with Crippen molar-refractivity contribution in [1.82, 2.24) is 10.2 Å². The molecule has 1 N–H and O–H groups in total. The van der Waals surface area contributed by atoms with Crippen molar-refractivity contribution in [1.29, 1.82) is 0 Å². The van der Waals surface area contributed by atoms with Crippen LogP contribution in [0.4, 0.5) is 0 Å². The van der Waals surface area contributed by atoms with Crippen LogP contribution in [0.15, 0.2) is 11.4 Å². The van der Waals surface area contributed by atoms with Crippen molar-refractivity contribution in [2.45, 2.75) is 26.8 Å². The molecule has 86 valence electrons. The number of nitrogens with one attached hydrogen (secondary N) is 1. The molecule has 1 heterocycles. The Balaban J connectivity index is 2.33. The van der Waals surface area contributed by atoms with Crippen LogP contribution in [0.3, 0.4) is 0 Å². The first-order valence-electron chi connectivity index (χ1n) is 5.72. The minimum absolute atomic E-state index is 1.06. The number of rotatable bonds is 7. The molecule has 0 fully saturated rings. The Morgan fingerprint density at radius 1 is 1.40 bits per heavy atom. The first-order chi connectivity index (χ1) is 7.27. The van der Waals surface area contributed by atoms with Crippen molar-refractivity contribution in [3.05, 3.63) is 21.9 Å². The molecule has 0 aromatic carbocycles. The zero-order valence-electron chi connectivity index (χ0n) is 10.0. The van der Waals surface area contributed by atoms with E-state index in [2.05, 4.69) is 42.6 Å². The van der Waals surface area contributed by atoms with Gasteiger partial charge in [0.25, 0.3) is 0 Å². The van der Waals surface area contributed by atoms with E-state index in [9.17, 15) is 0 Å². The van der Waals surface area contributed by atoms with Crippen molar-refractivity contribution in [3.63, 3.8) is 0 Å². The molecular formula is C12H22N2S. The Labute approximate surface area is 97.3 Å². The summed E-state index contributed by atoms with van der Waals surface area (Å²) in [6, 6.07) is 2.25. The van der Waals surface area contributed by atoms with E-state index in [4.69, 9.17) is 0 Å². The second-order valence-corrected chi connectivity index (χ2v) is 4.81. The monoisotopic (exact) mass is 226 g/mol. The van der Waals surface area contributed by atoms with Gasteiger partial charge in [0.05, 0.1) is 0 Å². The zero-order chi connectivity index (χ0) is 11.1. The van der Waals surface area contributed by atoms with Crippen LogP contribution in [0.25, 0.3) is 0 Å². The van der Waals surface area contributed by atoms with E-state index in [0.29, 0.717) is 0 Å². The summed E-state index contributed by atoms with van der Waals surface area (Å²) in [7, 11) is 2.19. The minimum Gasteiger partial charge on any atom is -0.316 e. The van der Waals surface area contributed by atoms with Gasteiger partial charge < -0.3 is 10.2 Å². The van der Waals surface area contributed by atoms with E-state index in [1.165, 1.54) is 10.4 Å². The molecule has 2 nitrogen and oxygen atoms in total. The van der Waals surface area contributed by atoms with Crippen LogP contribution < -0.4 is 5.32 Å². The van der Waals surface area contributed by atoms with E-state index in [1.54, 1.807) is 0 Å². The van der Waals surface area contributed by atoms with Crippen molar-refractivity contribution in [2.24, 2.45) is 0 Å². The Kier molecular flexibility index (Phi) is 5.91. The predicted molar refractivity (Wildman–Crippen MR) is 68.6 cm³/mol. The van der Waals surface area contributed by atoms with Crippen LogP contribution >= 0.6 is 11.3 Å². The zero-order valence-corrected chi connectivity index (χ0v) is 10.9. The van der Waals surface area contributed by atoms with Crippen LogP contribution in [-0.2, 0) is 13.0 Å². The molecule has 0 unspecified atom stereocenters. The van der Waals surface area contributed by atoms with Gasteiger partial charge >= 0.3 is 0 Å². The first-order valence-corrected chi connectivity index (χ1v) is 6.60. The summed E-state index contributed by atoms with van der Waals surface area (Å²) in [5, 5.41) is 5.55. The van der Waals surface area contributed by atoms with Gasteiger partial charge in [0.2, 0.25) is 0 Å². The van der Waals surface area contributed by atoms with Crippen molar-refractivity contribution in [2.75, 3.05) is 26.7 Å². The largest absolute Gasteiger partial charge is 0.316 e. The second kappa shape index (κ2) is 6.99. The van der Waals surface area contributed by atoms with Crippen LogP contribution in [0.5, 0.6) is 0 Å². The molecule has 0 amide bonds. The lowest BCUT2D eigenvalue weighted by atomic mass is 10.2. The summed E-state index contributed by atoms with van der Waals surface area (Å²) in [6.07, 6.45) is 1.15. The summed E-state index contributed by atoms with van der Waals surface area (Å²) in [5.74, 6) is 0. The van der Waals surface area contributed by atoms with Gasteiger partial charge in [-0.2, -0.15) is 0 Å². The normalized spacial score (nSPS) is 11.2. The molecule has 1 aromatic heterocycles. The summed E-state index contributed by atoms with van der Waals surface area (Å²) < 4.78 is 0. The van der Waals surface area contributed by atoms with Crippen molar-refractivity contribution in [3.8, 4) is 0 Å². The standard InChI is InChI=1S/C12H22N2S/c1-4-11-6-9-15-12(11)10-14(3)8-7-13-5-2/h6,9,13H,4-5,7-8,10H2,1-3H3. The molecular weight excluding hydrogens is 204 g/mol. The van der Waals surface area contributed by atoms with Crippen molar-refractivity contribution < 1.29 is 0 Å². The molecule has 15 heavy (non-hydrogen) atoms. The molecule has 0 spiro atoms. The molecule has 0 aliphatic heterocycles. The van der Waals surface area contributed by atoms with Gasteiger partial charge in [0.15, 0.2) is 0 Å². The number of hydrogen-bond acceptors (Lipinski definition) is 3. The lowest BCUT2D eigenvalue weighted by molar-refractivity contribution is 0.327. The fraction of sp³-hybridized carbons (Fsp3) is 0.667. The summed E-state index contributed by atoms with van der Waals surface area (Å²) >= 11 is 1.88. The molecule has 0 radical (unpaired) electrons. The molecule has 1 rings (SSSR count). The number of nitrogens with zero attached hydrogens (tertiary/aromatic N) is 1. The summed E-state index contributed by atoms with van der Waals surface area (Å²) in [6.45, 7) is 8.73. The second-order valence-electron chi connectivity index (χ2n) is 3.81. The number of hydrogen-bond donors (Lipinski definition) is 1. The van der Waals surface area contributed by atoms with Crippen molar-refractivity contribution >= 4 is 11.3 Å². The quantitative estimate of drug-likeness (QED) is 0.718. The molecule has 1 aromatic rings. The topological polar surface area (TPSA) is 15.3 Å². The highest BCUT2D eigenvalue weighted by Crippen LogP contribution is 2.18. The van der Waals surface area contributed by atoms with Crippen LogP contribution in [0.2, 0.25) is 0 Å². The molecule has 0 atom stereocenters. The highest BCUT2D eigenvalue weighted by molar-refractivity contribution is 7.10. The Hall–Kier alpha value is -0.380. The molecule has 3 heteroatoms. The Bertz CT molecular complexity index is 270. The molecule has 0 aliphatic carbocycles. The average molecular weight is 226 g/mol. The fourth-order valence-corrected chi connectivity index (χ4v) is 2.65. The maximum absolute atomic E-state index is 3.35. The number of thiophene rings is 1. The average Bonchev–Trinajstić information content (AvgIpc) is 2.65. The molecule has 0 saturated carbocycles. The molecule has 0 bridgehead atoms. The maximum Gasteiger partial charge on any atom is 0.0328 e. The molecule has 0 saturated heterocycles. The minimum atomic E-state index is 1.06. The third-order valence-electron chi connectivity index (χ3n) is 2.55. The van der Waals surface area contributed by atoms with E-state index < -0.39 is 0 Å². The third kappa shape index (κ3) is 4.33. The SMILES string of the molecule is CCNCCN(C)Cc1sccc1CC. The fourth-order valence-electron chi connectivity index (χ4n) is 1.59. The first kappa shape index (κ1) is 12.7. The highest BCUT2D eigenvalue weighted by Gasteiger charge is 2.05. The highest BCUT2D eigenvalue weighted by atomic mass is 32.1. The number of likely N-dealkylation sites (N-methyl/N-ethyl adjacent to an activating group) is 2. The van der Waals surface area contributed by atoms with Gasteiger partial charge in [0, 0.05) is 24.5 Å². The van der Waals surface area contributed by atoms with E-state index in [0.717, 1.165) is 32.6 Å². The maximum atomic E-state index is 3.35. The number of aryl methyl sites for hydroxylation is 1. The van der Waals surface area contributed by atoms with E-state index >= 15 is 0 Å². The smallest absolute Gasteiger partial charge is 0.0328 e. The van der Waals surface area contributed by atoms with Gasteiger partial charge in [-0.25, -0.2) is 0 Å². The van der Waals surface area contributed by atoms with Gasteiger partial charge in [0.1, 0.15) is 0 Å². The summed E-state index contributed by atoms with van der Waals surface area (Å²) in [5.41, 5.74) is 1.51. The van der Waals surface area contributed by atoms with Gasteiger partial charge in [-0.05, 0) is 37.0 Å². The van der Waals surface area contributed by atoms with E-state index in [1.807, 2.05) is 11.3 Å². The van der Waals surface area contributed by atoms with Gasteiger partial charge in [-0.1, -0.05) is 13.8 Å². The van der Waals surface area contributed by atoms with Crippen LogP contribution in [0, 0.1) is 0 Å².